The molecule has 2 aromatic heterocycles. The van der Waals surface area contributed by atoms with E-state index in [1.54, 1.807) is 0 Å². The lowest BCUT2D eigenvalue weighted by Gasteiger charge is -2.07. The zero-order chi connectivity index (χ0) is 17.0. The van der Waals surface area contributed by atoms with E-state index in [9.17, 15) is 4.79 Å². The first-order valence-electron chi connectivity index (χ1n) is 8.90. The number of hydrogen-bond acceptors (Lipinski definition) is 4. The summed E-state index contributed by atoms with van der Waals surface area (Å²) in [6, 6.07) is 8.54. The number of ketones is 1. The minimum Gasteiger partial charge on any atom is -0.358 e. The number of aryl methyl sites for hydroxylation is 1. The zero-order valence-corrected chi connectivity index (χ0v) is 15.0. The molecule has 2 heterocycles. The van der Waals surface area contributed by atoms with Gasteiger partial charge >= 0.3 is 0 Å². The fraction of sp³-hybridized carbons (Fsp3) is 0.421. The van der Waals surface area contributed by atoms with Crippen molar-refractivity contribution >= 4 is 28.4 Å². The molecule has 0 unspecified atom stereocenters. The first-order chi connectivity index (χ1) is 12.2. The molecule has 2 aliphatic rings. The SMILES string of the molecule is Cc1[nH]c2ccccc2c1C(=O)CSc1nnc(C2CC2)n1C1CC1. The number of hydrogen-bond donors (Lipinski definition) is 1. The summed E-state index contributed by atoms with van der Waals surface area (Å²) in [5.74, 6) is 2.28. The van der Waals surface area contributed by atoms with Gasteiger partial charge in [0.2, 0.25) is 0 Å². The van der Waals surface area contributed by atoms with E-state index in [1.807, 2.05) is 31.2 Å². The topological polar surface area (TPSA) is 63.6 Å². The highest BCUT2D eigenvalue weighted by molar-refractivity contribution is 7.99. The molecule has 3 aromatic rings. The van der Waals surface area contributed by atoms with Gasteiger partial charge in [0, 0.05) is 34.1 Å². The van der Waals surface area contributed by atoms with E-state index in [1.165, 1.54) is 37.4 Å². The Kier molecular flexibility index (Phi) is 3.48. The van der Waals surface area contributed by atoms with Crippen molar-refractivity contribution in [3.63, 3.8) is 0 Å². The Balaban J connectivity index is 1.39. The van der Waals surface area contributed by atoms with Crippen LogP contribution in [0, 0.1) is 6.92 Å². The monoisotopic (exact) mass is 352 g/mol. The number of Topliss-reactive ketones (excluding diaryl/α,β-unsaturated/α-hetero) is 1. The summed E-state index contributed by atoms with van der Waals surface area (Å²) in [6.07, 6.45) is 4.87. The van der Waals surface area contributed by atoms with Crippen molar-refractivity contribution in [1.82, 2.24) is 19.7 Å². The number of carbonyl (C=O) groups is 1. The van der Waals surface area contributed by atoms with E-state index in [4.69, 9.17) is 0 Å². The molecule has 2 saturated carbocycles. The average molecular weight is 352 g/mol. The molecule has 2 fully saturated rings. The molecule has 6 heteroatoms. The third-order valence-corrected chi connectivity index (χ3v) is 5.99. The van der Waals surface area contributed by atoms with Crippen molar-refractivity contribution in [2.24, 2.45) is 0 Å². The fourth-order valence-corrected chi connectivity index (χ4v) is 4.41. The third-order valence-electron chi connectivity index (χ3n) is 5.05. The predicted octanol–water partition coefficient (Wildman–Crippen LogP) is 4.26. The molecule has 5 rings (SSSR count). The molecular formula is C19H20N4OS. The highest BCUT2D eigenvalue weighted by atomic mass is 32.2. The normalized spacial score (nSPS) is 17.3. The Morgan fingerprint density at radius 3 is 2.80 bits per heavy atom. The maximum atomic E-state index is 12.9. The van der Waals surface area contributed by atoms with Crippen LogP contribution in [0.1, 0.15) is 59.5 Å². The highest BCUT2D eigenvalue weighted by Crippen LogP contribution is 2.46. The number of H-pyrrole nitrogens is 1. The largest absolute Gasteiger partial charge is 0.358 e. The number of nitrogens with one attached hydrogen (secondary N) is 1. The number of thioether (sulfide) groups is 1. The summed E-state index contributed by atoms with van der Waals surface area (Å²) in [4.78, 5) is 16.2. The molecule has 0 atom stereocenters. The summed E-state index contributed by atoms with van der Waals surface area (Å²) < 4.78 is 2.30. The minimum absolute atomic E-state index is 0.151. The van der Waals surface area contributed by atoms with E-state index in [0.717, 1.165) is 33.1 Å². The number of fused-ring (bicyclic) bond motifs is 1. The van der Waals surface area contributed by atoms with E-state index >= 15 is 0 Å². The second-order valence-corrected chi connectivity index (χ2v) is 8.04. The maximum absolute atomic E-state index is 12.9. The third kappa shape index (κ3) is 2.68. The molecule has 0 amide bonds. The maximum Gasteiger partial charge on any atom is 0.191 e. The summed E-state index contributed by atoms with van der Waals surface area (Å²) in [5, 5.41) is 10.7. The van der Waals surface area contributed by atoms with E-state index in [0.29, 0.717) is 17.7 Å². The molecule has 2 aliphatic carbocycles. The Morgan fingerprint density at radius 1 is 1.24 bits per heavy atom. The molecule has 0 radical (unpaired) electrons. The Bertz CT molecular complexity index is 965. The van der Waals surface area contributed by atoms with Gasteiger partial charge in [0.15, 0.2) is 10.9 Å². The molecular weight excluding hydrogens is 332 g/mol. The quantitative estimate of drug-likeness (QED) is 0.532. The second kappa shape index (κ2) is 5.73. The number of aromatic amines is 1. The highest BCUT2D eigenvalue weighted by Gasteiger charge is 2.36. The number of rotatable bonds is 6. The van der Waals surface area contributed by atoms with Crippen molar-refractivity contribution in [2.45, 2.75) is 49.7 Å². The molecule has 1 N–H and O–H groups in total. The Hall–Kier alpha value is -2.08. The van der Waals surface area contributed by atoms with Crippen LogP contribution in [0.3, 0.4) is 0 Å². The summed E-state index contributed by atoms with van der Waals surface area (Å²) in [5.41, 5.74) is 2.77. The van der Waals surface area contributed by atoms with Gasteiger partial charge in [0.1, 0.15) is 5.82 Å². The van der Waals surface area contributed by atoms with E-state index in [2.05, 4.69) is 19.7 Å². The molecule has 0 saturated heterocycles. The van der Waals surface area contributed by atoms with Crippen molar-refractivity contribution in [3.05, 3.63) is 41.3 Å². The first-order valence-corrected chi connectivity index (χ1v) is 9.89. The van der Waals surface area contributed by atoms with Crippen molar-refractivity contribution in [3.8, 4) is 0 Å². The van der Waals surface area contributed by atoms with Crippen LogP contribution in [-0.2, 0) is 0 Å². The predicted molar refractivity (Wildman–Crippen MR) is 98.4 cm³/mol. The summed E-state index contributed by atoms with van der Waals surface area (Å²) in [6.45, 7) is 1.97. The van der Waals surface area contributed by atoms with Gasteiger partial charge in [-0.1, -0.05) is 30.0 Å². The van der Waals surface area contributed by atoms with E-state index < -0.39 is 0 Å². The van der Waals surface area contributed by atoms with Crippen LogP contribution in [0.25, 0.3) is 10.9 Å². The van der Waals surface area contributed by atoms with Crippen LogP contribution >= 0.6 is 11.8 Å². The standard InChI is InChI=1S/C19H20N4OS/c1-11-17(14-4-2-3-5-15(14)20-11)16(24)10-25-19-22-21-18(12-6-7-12)23(19)13-8-9-13/h2-5,12-13,20H,6-10H2,1H3. The first kappa shape index (κ1) is 15.2. The van der Waals surface area contributed by atoms with Gasteiger partial charge in [-0.05, 0) is 38.7 Å². The van der Waals surface area contributed by atoms with Gasteiger partial charge in [-0.2, -0.15) is 0 Å². The molecule has 25 heavy (non-hydrogen) atoms. The number of benzene rings is 1. The van der Waals surface area contributed by atoms with E-state index in [-0.39, 0.29) is 5.78 Å². The van der Waals surface area contributed by atoms with Gasteiger partial charge in [0.05, 0.1) is 5.75 Å². The van der Waals surface area contributed by atoms with Crippen molar-refractivity contribution in [1.29, 1.82) is 0 Å². The molecule has 5 nitrogen and oxygen atoms in total. The number of nitrogens with zero attached hydrogens (tertiary/aromatic N) is 3. The lowest BCUT2D eigenvalue weighted by Crippen LogP contribution is -2.06. The number of carbonyl (C=O) groups excluding carboxylic acids is 1. The number of para-hydroxylation sites is 1. The lowest BCUT2D eigenvalue weighted by molar-refractivity contribution is 0.102. The van der Waals surface area contributed by atoms with Crippen molar-refractivity contribution in [2.75, 3.05) is 5.75 Å². The zero-order valence-electron chi connectivity index (χ0n) is 14.2. The molecule has 0 aliphatic heterocycles. The van der Waals surface area contributed by atoms with Gasteiger partial charge in [-0.25, -0.2) is 0 Å². The van der Waals surface area contributed by atoms with Gasteiger partial charge in [0.25, 0.3) is 0 Å². The molecule has 1 aromatic carbocycles. The van der Waals surface area contributed by atoms with Crippen LogP contribution in [0.2, 0.25) is 0 Å². The van der Waals surface area contributed by atoms with Crippen molar-refractivity contribution < 1.29 is 4.79 Å². The van der Waals surface area contributed by atoms with Gasteiger partial charge in [-0.15, -0.1) is 10.2 Å². The molecule has 128 valence electrons. The van der Waals surface area contributed by atoms with Crippen LogP contribution in [0.15, 0.2) is 29.4 Å². The smallest absolute Gasteiger partial charge is 0.191 e. The van der Waals surface area contributed by atoms with Crippen LogP contribution in [0.5, 0.6) is 0 Å². The second-order valence-electron chi connectivity index (χ2n) is 7.10. The molecule has 0 spiro atoms. The average Bonchev–Trinajstić information content (AvgIpc) is 3.54. The van der Waals surface area contributed by atoms with Gasteiger partial charge in [-0.3, -0.25) is 4.79 Å². The lowest BCUT2D eigenvalue weighted by atomic mass is 10.1. The Labute approximate surface area is 150 Å². The molecule has 0 bridgehead atoms. The van der Waals surface area contributed by atoms with Gasteiger partial charge < -0.3 is 9.55 Å². The van der Waals surface area contributed by atoms with Crippen LogP contribution in [-0.4, -0.2) is 31.3 Å². The number of aromatic nitrogens is 4. The fourth-order valence-electron chi connectivity index (χ4n) is 3.52. The minimum atomic E-state index is 0.151. The summed E-state index contributed by atoms with van der Waals surface area (Å²) >= 11 is 1.53. The Morgan fingerprint density at radius 2 is 2.04 bits per heavy atom. The summed E-state index contributed by atoms with van der Waals surface area (Å²) in [7, 11) is 0. The van der Waals surface area contributed by atoms with Crippen LogP contribution < -0.4 is 0 Å². The van der Waals surface area contributed by atoms with Crippen LogP contribution in [0.4, 0.5) is 0 Å².